The number of hydrogen-bond acceptors (Lipinski definition) is 3. The standard InChI is InChI=1S/C14H30N2O/c1-12(2)8-15-9-14-6-5-7-16(10-14)13(3)11-17-4/h12-15H,5-11H2,1-4H3. The van der Waals surface area contributed by atoms with Gasteiger partial charge in [-0.2, -0.15) is 0 Å². The Morgan fingerprint density at radius 2 is 2.12 bits per heavy atom. The van der Waals surface area contributed by atoms with E-state index in [9.17, 15) is 0 Å². The van der Waals surface area contributed by atoms with Crippen LogP contribution in [0.2, 0.25) is 0 Å². The van der Waals surface area contributed by atoms with Crippen LogP contribution in [0.4, 0.5) is 0 Å². The minimum absolute atomic E-state index is 0.563. The highest BCUT2D eigenvalue weighted by Gasteiger charge is 2.23. The van der Waals surface area contributed by atoms with Crippen LogP contribution in [0, 0.1) is 11.8 Å². The van der Waals surface area contributed by atoms with E-state index in [1.807, 2.05) is 0 Å². The second kappa shape index (κ2) is 8.06. The van der Waals surface area contributed by atoms with Crippen molar-refractivity contribution in [3.8, 4) is 0 Å². The van der Waals surface area contributed by atoms with Gasteiger partial charge in [0.15, 0.2) is 0 Å². The molecule has 17 heavy (non-hydrogen) atoms. The Morgan fingerprint density at radius 3 is 2.76 bits per heavy atom. The molecule has 1 N–H and O–H groups in total. The summed E-state index contributed by atoms with van der Waals surface area (Å²) in [7, 11) is 1.79. The maximum Gasteiger partial charge on any atom is 0.0615 e. The van der Waals surface area contributed by atoms with E-state index in [0.717, 1.165) is 25.0 Å². The first-order chi connectivity index (χ1) is 8.13. The van der Waals surface area contributed by atoms with Gasteiger partial charge in [0.05, 0.1) is 6.61 Å². The fourth-order valence-corrected chi connectivity index (χ4v) is 2.59. The van der Waals surface area contributed by atoms with E-state index >= 15 is 0 Å². The average Bonchev–Trinajstić information content (AvgIpc) is 2.29. The lowest BCUT2D eigenvalue weighted by Crippen LogP contribution is -2.45. The molecule has 1 aliphatic heterocycles. The van der Waals surface area contributed by atoms with Crippen molar-refractivity contribution in [3.05, 3.63) is 0 Å². The number of nitrogens with zero attached hydrogens (tertiary/aromatic N) is 1. The summed E-state index contributed by atoms with van der Waals surface area (Å²) in [6.07, 6.45) is 2.71. The van der Waals surface area contributed by atoms with Crippen LogP contribution in [0.15, 0.2) is 0 Å². The summed E-state index contributed by atoms with van der Waals surface area (Å²) in [6, 6.07) is 0.563. The van der Waals surface area contributed by atoms with E-state index in [-0.39, 0.29) is 0 Å². The predicted octanol–water partition coefficient (Wildman–Crippen LogP) is 1.98. The van der Waals surface area contributed by atoms with Crippen LogP contribution >= 0.6 is 0 Å². The molecule has 2 unspecified atom stereocenters. The van der Waals surface area contributed by atoms with Gasteiger partial charge in [-0.3, -0.25) is 4.90 Å². The van der Waals surface area contributed by atoms with Crippen molar-refractivity contribution in [2.24, 2.45) is 11.8 Å². The minimum atomic E-state index is 0.563. The number of methoxy groups -OCH3 is 1. The Bertz CT molecular complexity index is 197. The van der Waals surface area contributed by atoms with Crippen molar-refractivity contribution in [1.29, 1.82) is 0 Å². The Labute approximate surface area is 107 Å². The molecule has 0 amide bonds. The quantitative estimate of drug-likeness (QED) is 0.739. The van der Waals surface area contributed by atoms with Crippen molar-refractivity contribution in [2.75, 3.05) is 39.9 Å². The van der Waals surface area contributed by atoms with Gasteiger partial charge in [0.25, 0.3) is 0 Å². The van der Waals surface area contributed by atoms with Gasteiger partial charge in [-0.15, -0.1) is 0 Å². The molecular formula is C14H30N2O. The number of hydrogen-bond donors (Lipinski definition) is 1. The van der Waals surface area contributed by atoms with Gasteiger partial charge in [-0.05, 0) is 51.2 Å². The zero-order valence-electron chi connectivity index (χ0n) is 12.0. The van der Waals surface area contributed by atoms with E-state index in [1.54, 1.807) is 7.11 Å². The van der Waals surface area contributed by atoms with Gasteiger partial charge in [0.1, 0.15) is 0 Å². The number of likely N-dealkylation sites (tertiary alicyclic amines) is 1. The summed E-state index contributed by atoms with van der Waals surface area (Å²) in [4.78, 5) is 2.58. The predicted molar refractivity (Wildman–Crippen MR) is 73.3 cm³/mol. The first-order valence-corrected chi connectivity index (χ1v) is 7.07. The molecular weight excluding hydrogens is 212 g/mol. The fraction of sp³-hybridized carbons (Fsp3) is 1.00. The van der Waals surface area contributed by atoms with Crippen LogP contribution in [-0.4, -0.2) is 50.8 Å². The van der Waals surface area contributed by atoms with Crippen molar-refractivity contribution < 1.29 is 4.74 Å². The molecule has 0 radical (unpaired) electrons. The van der Waals surface area contributed by atoms with Gasteiger partial charge >= 0.3 is 0 Å². The summed E-state index contributed by atoms with van der Waals surface area (Å²) in [6.45, 7) is 12.4. The maximum absolute atomic E-state index is 5.25. The van der Waals surface area contributed by atoms with E-state index < -0.39 is 0 Å². The van der Waals surface area contributed by atoms with Crippen molar-refractivity contribution in [1.82, 2.24) is 10.2 Å². The molecule has 1 heterocycles. The number of piperidine rings is 1. The molecule has 1 aliphatic rings. The molecule has 3 nitrogen and oxygen atoms in total. The normalized spacial score (nSPS) is 24.2. The Hall–Kier alpha value is -0.120. The Kier molecular flexibility index (Phi) is 7.09. The third-order valence-corrected chi connectivity index (χ3v) is 3.57. The van der Waals surface area contributed by atoms with Crippen molar-refractivity contribution >= 4 is 0 Å². The highest BCUT2D eigenvalue weighted by molar-refractivity contribution is 4.78. The van der Waals surface area contributed by atoms with Crippen LogP contribution in [0.5, 0.6) is 0 Å². The second-order valence-electron chi connectivity index (χ2n) is 5.86. The molecule has 2 atom stereocenters. The zero-order valence-corrected chi connectivity index (χ0v) is 12.0. The van der Waals surface area contributed by atoms with Gasteiger partial charge < -0.3 is 10.1 Å². The minimum Gasteiger partial charge on any atom is -0.383 e. The lowest BCUT2D eigenvalue weighted by Gasteiger charge is -2.36. The second-order valence-corrected chi connectivity index (χ2v) is 5.86. The van der Waals surface area contributed by atoms with E-state index in [0.29, 0.717) is 6.04 Å². The van der Waals surface area contributed by atoms with Crippen LogP contribution < -0.4 is 5.32 Å². The number of rotatable bonds is 7. The first-order valence-electron chi connectivity index (χ1n) is 7.07. The third-order valence-electron chi connectivity index (χ3n) is 3.57. The molecule has 1 rings (SSSR count). The molecule has 0 spiro atoms. The Morgan fingerprint density at radius 1 is 1.35 bits per heavy atom. The van der Waals surface area contributed by atoms with E-state index in [2.05, 4.69) is 31.0 Å². The summed E-state index contributed by atoms with van der Waals surface area (Å²) in [5.74, 6) is 1.57. The number of ether oxygens (including phenoxy) is 1. The highest BCUT2D eigenvalue weighted by Crippen LogP contribution is 2.18. The van der Waals surface area contributed by atoms with Crippen molar-refractivity contribution in [3.63, 3.8) is 0 Å². The SMILES string of the molecule is COCC(C)N1CCCC(CNCC(C)C)C1. The molecule has 1 fully saturated rings. The third kappa shape index (κ3) is 5.84. The largest absolute Gasteiger partial charge is 0.383 e. The molecule has 0 aliphatic carbocycles. The topological polar surface area (TPSA) is 24.5 Å². The molecule has 0 saturated carbocycles. The summed E-state index contributed by atoms with van der Waals surface area (Å²) in [5.41, 5.74) is 0. The summed E-state index contributed by atoms with van der Waals surface area (Å²) in [5, 5.41) is 3.59. The van der Waals surface area contributed by atoms with Crippen LogP contribution in [0.1, 0.15) is 33.6 Å². The lowest BCUT2D eigenvalue weighted by atomic mass is 9.96. The highest BCUT2D eigenvalue weighted by atomic mass is 16.5. The molecule has 0 aromatic rings. The molecule has 3 heteroatoms. The molecule has 0 bridgehead atoms. The van der Waals surface area contributed by atoms with Crippen LogP contribution in [-0.2, 0) is 4.74 Å². The fourth-order valence-electron chi connectivity index (χ4n) is 2.59. The van der Waals surface area contributed by atoms with Gasteiger partial charge in [-0.25, -0.2) is 0 Å². The smallest absolute Gasteiger partial charge is 0.0615 e. The first kappa shape index (κ1) is 14.9. The molecule has 1 saturated heterocycles. The van der Waals surface area contributed by atoms with Gasteiger partial charge in [0.2, 0.25) is 0 Å². The average molecular weight is 242 g/mol. The molecule has 0 aromatic carbocycles. The maximum atomic E-state index is 5.25. The van der Waals surface area contributed by atoms with E-state index in [4.69, 9.17) is 4.74 Å². The monoisotopic (exact) mass is 242 g/mol. The Balaban J connectivity index is 2.23. The van der Waals surface area contributed by atoms with E-state index in [1.165, 1.54) is 32.5 Å². The van der Waals surface area contributed by atoms with Crippen LogP contribution in [0.3, 0.4) is 0 Å². The van der Waals surface area contributed by atoms with Crippen LogP contribution in [0.25, 0.3) is 0 Å². The number of nitrogens with one attached hydrogen (secondary N) is 1. The molecule has 102 valence electrons. The summed E-state index contributed by atoms with van der Waals surface area (Å²) >= 11 is 0. The van der Waals surface area contributed by atoms with Gasteiger partial charge in [0, 0.05) is 19.7 Å². The molecule has 0 aromatic heterocycles. The zero-order chi connectivity index (χ0) is 12.7. The van der Waals surface area contributed by atoms with Gasteiger partial charge in [-0.1, -0.05) is 13.8 Å². The lowest BCUT2D eigenvalue weighted by molar-refractivity contribution is 0.0679. The summed E-state index contributed by atoms with van der Waals surface area (Å²) < 4.78 is 5.25. The van der Waals surface area contributed by atoms with Crippen molar-refractivity contribution in [2.45, 2.75) is 39.7 Å².